The van der Waals surface area contributed by atoms with Crippen LogP contribution in [0.25, 0.3) is 5.69 Å². The molecule has 0 saturated carbocycles. The Kier molecular flexibility index (Phi) is 3.78. The number of thiazole rings is 1. The van der Waals surface area contributed by atoms with Crippen molar-refractivity contribution in [3.63, 3.8) is 0 Å². The van der Waals surface area contributed by atoms with Gasteiger partial charge in [0.1, 0.15) is 6.10 Å². The number of hydrogen-bond donors (Lipinski definition) is 0. The van der Waals surface area contributed by atoms with Crippen LogP contribution < -0.4 is 4.74 Å². The van der Waals surface area contributed by atoms with E-state index in [9.17, 15) is 4.79 Å². The largest absolute Gasteiger partial charge is 0.463 e. The lowest BCUT2D eigenvalue weighted by Gasteiger charge is -2.38. The maximum atomic E-state index is 12.6. The predicted molar refractivity (Wildman–Crippen MR) is 90.7 cm³/mol. The number of hydrogen-bond acceptors (Lipinski definition) is 5. The van der Waals surface area contributed by atoms with E-state index in [2.05, 4.69) is 10.1 Å². The van der Waals surface area contributed by atoms with Crippen LogP contribution in [0.3, 0.4) is 0 Å². The lowest BCUT2D eigenvalue weighted by Crippen LogP contribution is -2.56. The molecule has 3 aromatic rings. The zero-order chi connectivity index (χ0) is 16.5. The van der Waals surface area contributed by atoms with Crippen LogP contribution in [0, 0.1) is 6.92 Å². The lowest BCUT2D eigenvalue weighted by molar-refractivity contribution is 0.0176. The first-order chi connectivity index (χ1) is 11.7. The molecular formula is C17H16N4O2S. The van der Waals surface area contributed by atoms with E-state index in [1.54, 1.807) is 22.0 Å². The van der Waals surface area contributed by atoms with Crippen LogP contribution in [0.1, 0.15) is 16.1 Å². The van der Waals surface area contributed by atoms with E-state index in [0.29, 0.717) is 23.8 Å². The highest BCUT2D eigenvalue weighted by atomic mass is 32.1. The second-order valence-corrected chi connectivity index (χ2v) is 6.50. The van der Waals surface area contributed by atoms with Crippen molar-refractivity contribution in [2.45, 2.75) is 13.0 Å². The van der Waals surface area contributed by atoms with E-state index >= 15 is 0 Å². The van der Waals surface area contributed by atoms with Gasteiger partial charge in [-0.3, -0.25) is 4.79 Å². The van der Waals surface area contributed by atoms with Gasteiger partial charge in [0, 0.05) is 11.6 Å². The number of nitrogens with zero attached hydrogens (tertiary/aromatic N) is 4. The average Bonchev–Trinajstić information content (AvgIpc) is 3.20. The first-order valence-electron chi connectivity index (χ1n) is 7.68. The number of rotatable bonds is 4. The van der Waals surface area contributed by atoms with Crippen molar-refractivity contribution in [3.8, 4) is 10.9 Å². The van der Waals surface area contributed by atoms with Gasteiger partial charge in [-0.05, 0) is 19.1 Å². The molecule has 1 amide bonds. The molecule has 0 N–H and O–H groups in total. The van der Waals surface area contributed by atoms with Gasteiger partial charge in [-0.25, -0.2) is 9.67 Å². The van der Waals surface area contributed by atoms with Crippen molar-refractivity contribution in [1.29, 1.82) is 0 Å². The molecule has 1 aromatic carbocycles. The van der Waals surface area contributed by atoms with Crippen LogP contribution in [-0.4, -0.2) is 44.8 Å². The Balaban J connectivity index is 1.44. The molecule has 1 aliphatic rings. The second kappa shape index (κ2) is 6.09. The molecule has 0 atom stereocenters. The molecule has 0 bridgehead atoms. The van der Waals surface area contributed by atoms with E-state index < -0.39 is 0 Å². The molecule has 1 fully saturated rings. The summed E-state index contributed by atoms with van der Waals surface area (Å²) in [5.41, 5.74) is 2.42. The van der Waals surface area contributed by atoms with E-state index in [0.717, 1.165) is 11.4 Å². The Bertz CT molecular complexity index is 839. The molecule has 0 spiro atoms. The summed E-state index contributed by atoms with van der Waals surface area (Å²) in [5.74, 6) is -0.00586. The highest BCUT2D eigenvalue weighted by molar-refractivity contribution is 7.11. The molecular weight excluding hydrogens is 324 g/mol. The summed E-state index contributed by atoms with van der Waals surface area (Å²) in [5, 5.41) is 6.88. The molecule has 7 heteroatoms. The van der Waals surface area contributed by atoms with Gasteiger partial charge < -0.3 is 9.64 Å². The number of ether oxygens (including phenoxy) is 1. The molecule has 6 nitrogen and oxygen atoms in total. The third kappa shape index (κ3) is 2.67. The van der Waals surface area contributed by atoms with Gasteiger partial charge >= 0.3 is 0 Å². The van der Waals surface area contributed by atoms with E-state index in [1.807, 2.05) is 42.6 Å². The normalized spacial score (nSPS) is 14.5. The number of likely N-dealkylation sites (tertiary alicyclic amines) is 1. The summed E-state index contributed by atoms with van der Waals surface area (Å²) < 4.78 is 7.49. The van der Waals surface area contributed by atoms with Crippen LogP contribution in [0.5, 0.6) is 5.19 Å². The van der Waals surface area contributed by atoms with Crippen molar-refractivity contribution >= 4 is 17.2 Å². The summed E-state index contributed by atoms with van der Waals surface area (Å²) in [6.45, 7) is 3.07. The van der Waals surface area contributed by atoms with Gasteiger partial charge in [0.15, 0.2) is 0 Å². The summed E-state index contributed by atoms with van der Waals surface area (Å²) in [6, 6.07) is 9.80. The average molecular weight is 340 g/mol. The Labute approximate surface area is 143 Å². The highest BCUT2D eigenvalue weighted by Crippen LogP contribution is 2.23. The summed E-state index contributed by atoms with van der Waals surface area (Å²) >= 11 is 1.46. The predicted octanol–water partition coefficient (Wildman–Crippen LogP) is 2.54. The third-order valence-electron chi connectivity index (χ3n) is 4.05. The maximum absolute atomic E-state index is 12.6. The van der Waals surface area contributed by atoms with Gasteiger partial charge in [0.25, 0.3) is 11.1 Å². The quantitative estimate of drug-likeness (QED) is 0.732. The molecule has 24 heavy (non-hydrogen) atoms. The molecule has 0 unspecified atom stereocenters. The van der Waals surface area contributed by atoms with E-state index in [4.69, 9.17) is 4.74 Å². The smallest absolute Gasteiger partial charge is 0.273 e. The van der Waals surface area contributed by atoms with Crippen LogP contribution in [0.15, 0.2) is 48.1 Å². The highest BCUT2D eigenvalue weighted by Gasteiger charge is 2.34. The SMILES string of the molecule is Cc1c(C(=O)N2CC(Oc3nccs3)C2)cnn1-c1ccccc1. The molecule has 0 aliphatic carbocycles. The summed E-state index contributed by atoms with van der Waals surface area (Å²) in [7, 11) is 0. The van der Waals surface area contributed by atoms with Crippen molar-refractivity contribution < 1.29 is 9.53 Å². The maximum Gasteiger partial charge on any atom is 0.273 e. The van der Waals surface area contributed by atoms with Gasteiger partial charge in [-0.15, -0.1) is 0 Å². The number of amides is 1. The standard InChI is InChI=1S/C17H16N4O2S/c1-12-15(9-19-21(12)13-5-3-2-4-6-13)16(22)20-10-14(11-20)23-17-18-7-8-24-17/h2-9,14H,10-11H2,1H3. The van der Waals surface area contributed by atoms with Crippen LogP contribution in [-0.2, 0) is 0 Å². The Morgan fingerprint density at radius 2 is 2.08 bits per heavy atom. The van der Waals surface area contributed by atoms with Gasteiger partial charge in [0.2, 0.25) is 0 Å². The number of para-hydroxylation sites is 1. The monoisotopic (exact) mass is 340 g/mol. The molecule has 0 radical (unpaired) electrons. The first-order valence-corrected chi connectivity index (χ1v) is 8.56. The molecule has 1 aliphatic heterocycles. The number of carbonyl (C=O) groups excluding carboxylic acids is 1. The molecule has 2 aromatic heterocycles. The third-order valence-corrected chi connectivity index (χ3v) is 4.71. The molecule has 3 heterocycles. The zero-order valence-corrected chi connectivity index (χ0v) is 13.9. The summed E-state index contributed by atoms with van der Waals surface area (Å²) in [6.07, 6.45) is 3.37. The Morgan fingerprint density at radius 3 is 2.79 bits per heavy atom. The fraction of sp³-hybridized carbons (Fsp3) is 0.235. The summed E-state index contributed by atoms with van der Waals surface area (Å²) in [4.78, 5) is 18.5. The minimum absolute atomic E-state index is 0.00586. The molecule has 1 saturated heterocycles. The van der Waals surface area contributed by atoms with E-state index in [-0.39, 0.29) is 12.0 Å². The Hall–Kier alpha value is -2.67. The molecule has 122 valence electrons. The first kappa shape index (κ1) is 14.9. The van der Waals surface area contributed by atoms with Crippen molar-refractivity contribution in [2.24, 2.45) is 0 Å². The minimum atomic E-state index is -0.00586. The number of benzene rings is 1. The van der Waals surface area contributed by atoms with Crippen molar-refractivity contribution in [3.05, 3.63) is 59.4 Å². The number of aromatic nitrogens is 3. The van der Waals surface area contributed by atoms with Gasteiger partial charge in [0.05, 0.1) is 36.2 Å². The minimum Gasteiger partial charge on any atom is -0.463 e. The van der Waals surface area contributed by atoms with Crippen LogP contribution >= 0.6 is 11.3 Å². The van der Waals surface area contributed by atoms with E-state index in [1.165, 1.54) is 11.3 Å². The van der Waals surface area contributed by atoms with Crippen LogP contribution in [0.2, 0.25) is 0 Å². The number of carbonyl (C=O) groups is 1. The van der Waals surface area contributed by atoms with Gasteiger partial charge in [-0.2, -0.15) is 5.10 Å². The lowest BCUT2D eigenvalue weighted by atomic mass is 10.1. The zero-order valence-electron chi connectivity index (χ0n) is 13.1. The fourth-order valence-corrected chi connectivity index (χ4v) is 3.26. The van der Waals surface area contributed by atoms with Crippen molar-refractivity contribution in [2.75, 3.05) is 13.1 Å². The topological polar surface area (TPSA) is 60.3 Å². The fourth-order valence-electron chi connectivity index (χ4n) is 2.71. The van der Waals surface area contributed by atoms with Gasteiger partial charge in [-0.1, -0.05) is 29.5 Å². The van der Waals surface area contributed by atoms with Crippen molar-refractivity contribution in [1.82, 2.24) is 19.7 Å². The molecule has 4 rings (SSSR count). The Morgan fingerprint density at radius 1 is 1.29 bits per heavy atom. The van der Waals surface area contributed by atoms with Crippen LogP contribution in [0.4, 0.5) is 0 Å². The second-order valence-electron chi connectivity index (χ2n) is 5.64.